The Morgan fingerprint density at radius 2 is 1.71 bits per heavy atom. The van der Waals surface area contributed by atoms with E-state index in [4.69, 9.17) is 0 Å². The van der Waals surface area contributed by atoms with Crippen LogP contribution in [0.15, 0.2) is 59.1 Å². The van der Waals surface area contributed by atoms with Crippen LogP contribution in [0, 0.1) is 10.1 Å². The van der Waals surface area contributed by atoms with E-state index in [2.05, 4.69) is 21.2 Å². The second-order valence-electron chi connectivity index (χ2n) is 5.03. The van der Waals surface area contributed by atoms with Crippen LogP contribution in [0.4, 0.5) is 17.1 Å². The fraction of sp³-hybridized carbons (Fsp3) is 0. The number of nitro groups is 1. The molecular weight excluding hydrogens is 376 g/mol. The number of nitrogens with one attached hydrogen (secondary N) is 1. The second-order valence-corrected chi connectivity index (χ2v) is 5.88. The number of benzene rings is 3. The molecule has 0 spiro atoms. The van der Waals surface area contributed by atoms with Crippen molar-refractivity contribution in [1.29, 1.82) is 0 Å². The molecule has 0 bridgehead atoms. The Morgan fingerprint density at radius 1 is 1.00 bits per heavy atom. The summed E-state index contributed by atoms with van der Waals surface area (Å²) in [5, 5.41) is 25.3. The van der Waals surface area contributed by atoms with Crippen molar-refractivity contribution < 1.29 is 14.8 Å². The molecule has 0 atom stereocenters. The van der Waals surface area contributed by atoms with Gasteiger partial charge in [-0.15, -0.1) is 0 Å². The molecule has 120 valence electrons. The fourth-order valence-corrected chi connectivity index (χ4v) is 3.02. The zero-order valence-corrected chi connectivity index (χ0v) is 13.8. The van der Waals surface area contributed by atoms with E-state index < -0.39 is 16.6 Å². The predicted octanol–water partition coefficient (Wildman–Crippen LogP) is 4.95. The van der Waals surface area contributed by atoms with E-state index in [9.17, 15) is 20.0 Å². The summed E-state index contributed by atoms with van der Waals surface area (Å²) in [4.78, 5) is 21.9. The van der Waals surface area contributed by atoms with E-state index in [0.717, 1.165) is 15.2 Å². The number of hydrogen-bond acceptors (Lipinski definition) is 4. The number of carbonyl (C=O) groups is 1. The molecule has 3 aromatic rings. The molecule has 7 heteroatoms. The van der Waals surface area contributed by atoms with E-state index in [0.29, 0.717) is 5.69 Å². The van der Waals surface area contributed by atoms with Crippen LogP contribution in [0.2, 0.25) is 0 Å². The Bertz CT molecular complexity index is 972. The van der Waals surface area contributed by atoms with Gasteiger partial charge >= 0.3 is 5.97 Å². The van der Waals surface area contributed by atoms with Crippen molar-refractivity contribution in [3.05, 3.63) is 74.7 Å². The maximum Gasteiger partial charge on any atom is 0.344 e. The van der Waals surface area contributed by atoms with Gasteiger partial charge in [0, 0.05) is 21.6 Å². The maximum absolute atomic E-state index is 11.5. The SMILES string of the molecule is O=C(O)c1c(Nc2ccc(Br)c3ccccc23)cccc1[N+](=O)[O-]. The fourth-order valence-electron chi connectivity index (χ4n) is 2.54. The topological polar surface area (TPSA) is 92.5 Å². The number of nitro benzene ring substituents is 1. The first-order chi connectivity index (χ1) is 11.5. The summed E-state index contributed by atoms with van der Waals surface area (Å²) in [6, 6.07) is 15.3. The first kappa shape index (κ1) is 15.9. The Morgan fingerprint density at radius 3 is 2.38 bits per heavy atom. The zero-order valence-electron chi connectivity index (χ0n) is 12.2. The predicted molar refractivity (Wildman–Crippen MR) is 95.0 cm³/mol. The minimum absolute atomic E-state index is 0.171. The third kappa shape index (κ3) is 2.81. The molecule has 0 aliphatic rings. The summed E-state index contributed by atoms with van der Waals surface area (Å²) in [5.74, 6) is -1.36. The average Bonchev–Trinajstić information content (AvgIpc) is 2.57. The minimum Gasteiger partial charge on any atom is -0.477 e. The molecule has 3 rings (SSSR count). The van der Waals surface area contributed by atoms with Crippen molar-refractivity contribution in [3.8, 4) is 0 Å². The Balaban J connectivity index is 2.17. The van der Waals surface area contributed by atoms with Gasteiger partial charge in [0.2, 0.25) is 0 Å². The van der Waals surface area contributed by atoms with Crippen molar-refractivity contribution in [2.45, 2.75) is 0 Å². The number of rotatable bonds is 4. The van der Waals surface area contributed by atoms with Crippen LogP contribution in [0.25, 0.3) is 10.8 Å². The summed E-state index contributed by atoms with van der Waals surface area (Å²) < 4.78 is 0.904. The normalized spacial score (nSPS) is 10.5. The van der Waals surface area contributed by atoms with E-state index in [1.165, 1.54) is 18.2 Å². The summed E-state index contributed by atoms with van der Waals surface area (Å²) in [5.41, 5.74) is 0.0180. The number of halogens is 1. The Hall–Kier alpha value is -2.93. The highest BCUT2D eigenvalue weighted by Gasteiger charge is 2.23. The van der Waals surface area contributed by atoms with Gasteiger partial charge in [-0.05, 0) is 23.6 Å². The molecule has 0 amide bonds. The lowest BCUT2D eigenvalue weighted by Crippen LogP contribution is -2.07. The number of fused-ring (bicyclic) bond motifs is 1. The van der Waals surface area contributed by atoms with Gasteiger partial charge in [-0.3, -0.25) is 10.1 Å². The summed E-state index contributed by atoms with van der Waals surface area (Å²) in [7, 11) is 0. The number of hydrogen-bond donors (Lipinski definition) is 2. The highest BCUT2D eigenvalue weighted by molar-refractivity contribution is 9.10. The van der Waals surface area contributed by atoms with Crippen molar-refractivity contribution >= 4 is 49.7 Å². The van der Waals surface area contributed by atoms with Crippen LogP contribution in [0.1, 0.15) is 10.4 Å². The molecule has 0 saturated carbocycles. The highest BCUT2D eigenvalue weighted by Crippen LogP contribution is 2.34. The first-order valence-corrected chi connectivity index (χ1v) is 7.73. The quantitative estimate of drug-likeness (QED) is 0.488. The first-order valence-electron chi connectivity index (χ1n) is 6.94. The van der Waals surface area contributed by atoms with Gasteiger partial charge in [-0.25, -0.2) is 4.79 Å². The molecule has 24 heavy (non-hydrogen) atoms. The summed E-state index contributed by atoms with van der Waals surface area (Å²) in [6.07, 6.45) is 0. The average molecular weight is 387 g/mol. The lowest BCUT2D eigenvalue weighted by molar-refractivity contribution is -0.385. The van der Waals surface area contributed by atoms with Crippen LogP contribution in [0.3, 0.4) is 0 Å². The highest BCUT2D eigenvalue weighted by atomic mass is 79.9. The van der Waals surface area contributed by atoms with Gasteiger partial charge in [0.1, 0.15) is 0 Å². The molecule has 0 saturated heterocycles. The third-order valence-electron chi connectivity index (χ3n) is 3.59. The van der Waals surface area contributed by atoms with E-state index >= 15 is 0 Å². The summed E-state index contributed by atoms with van der Waals surface area (Å²) in [6.45, 7) is 0. The lowest BCUT2D eigenvalue weighted by Gasteiger charge is -2.13. The molecule has 0 radical (unpaired) electrons. The van der Waals surface area contributed by atoms with E-state index in [-0.39, 0.29) is 11.3 Å². The van der Waals surface area contributed by atoms with Crippen LogP contribution in [0.5, 0.6) is 0 Å². The summed E-state index contributed by atoms with van der Waals surface area (Å²) >= 11 is 3.47. The van der Waals surface area contributed by atoms with E-state index in [1.807, 2.05) is 30.3 Å². The van der Waals surface area contributed by atoms with Crippen molar-refractivity contribution in [2.24, 2.45) is 0 Å². The van der Waals surface area contributed by atoms with Crippen molar-refractivity contribution in [2.75, 3.05) is 5.32 Å². The van der Waals surface area contributed by atoms with Crippen LogP contribution in [-0.4, -0.2) is 16.0 Å². The minimum atomic E-state index is -1.36. The van der Waals surface area contributed by atoms with Crippen LogP contribution < -0.4 is 5.32 Å². The molecule has 0 aliphatic carbocycles. The molecule has 0 aromatic heterocycles. The van der Waals surface area contributed by atoms with Gasteiger partial charge in [-0.2, -0.15) is 0 Å². The maximum atomic E-state index is 11.5. The lowest BCUT2D eigenvalue weighted by atomic mass is 10.1. The van der Waals surface area contributed by atoms with Gasteiger partial charge in [-0.1, -0.05) is 46.3 Å². The monoisotopic (exact) mass is 386 g/mol. The molecule has 0 aliphatic heterocycles. The van der Waals surface area contributed by atoms with Gasteiger partial charge in [0.15, 0.2) is 5.56 Å². The number of aromatic carboxylic acids is 1. The molecule has 2 N–H and O–H groups in total. The van der Waals surface area contributed by atoms with Gasteiger partial charge in [0.05, 0.1) is 10.6 Å². The largest absolute Gasteiger partial charge is 0.477 e. The second kappa shape index (κ2) is 6.29. The number of carboxylic acids is 1. The Kier molecular flexibility index (Phi) is 4.18. The molecule has 0 unspecified atom stereocenters. The smallest absolute Gasteiger partial charge is 0.344 e. The number of carboxylic acid groups (broad SMARTS) is 1. The molecule has 6 nitrogen and oxygen atoms in total. The number of nitrogens with zero attached hydrogens (tertiary/aromatic N) is 1. The van der Waals surface area contributed by atoms with Crippen molar-refractivity contribution in [3.63, 3.8) is 0 Å². The van der Waals surface area contributed by atoms with Crippen LogP contribution >= 0.6 is 15.9 Å². The zero-order chi connectivity index (χ0) is 17.3. The van der Waals surface area contributed by atoms with Crippen molar-refractivity contribution in [1.82, 2.24) is 0 Å². The third-order valence-corrected chi connectivity index (χ3v) is 4.28. The Labute approximate surface area is 145 Å². The molecule has 0 fully saturated rings. The standard InChI is InChI=1S/C17H11BrN2O4/c18-12-8-9-13(11-5-2-1-4-10(11)12)19-14-6-3-7-15(20(23)24)16(14)17(21)22/h1-9,19H,(H,21,22). The van der Waals surface area contributed by atoms with Gasteiger partial charge in [0.25, 0.3) is 5.69 Å². The van der Waals surface area contributed by atoms with Gasteiger partial charge < -0.3 is 10.4 Å². The molecule has 0 heterocycles. The number of anilines is 2. The molecular formula is C17H11BrN2O4. The van der Waals surface area contributed by atoms with E-state index in [1.54, 1.807) is 6.07 Å². The van der Waals surface area contributed by atoms with Crippen LogP contribution in [-0.2, 0) is 0 Å². The molecule has 3 aromatic carbocycles.